The Morgan fingerprint density at radius 1 is 1.35 bits per heavy atom. The average Bonchev–Trinajstić information content (AvgIpc) is 2.80. The molecule has 0 aliphatic carbocycles. The lowest BCUT2D eigenvalue weighted by atomic mass is 10.2. The molecule has 2 aromatic rings. The van der Waals surface area contributed by atoms with Gasteiger partial charge in [-0.25, -0.2) is 4.68 Å². The summed E-state index contributed by atoms with van der Waals surface area (Å²) < 4.78 is 7.26. The Balaban J connectivity index is 2.43. The van der Waals surface area contributed by atoms with Gasteiger partial charge in [0.05, 0.1) is 12.8 Å². The molecule has 0 aliphatic rings. The van der Waals surface area contributed by atoms with Crippen molar-refractivity contribution < 1.29 is 4.74 Å². The summed E-state index contributed by atoms with van der Waals surface area (Å²) in [7, 11) is 1.64. The third-order valence-electron chi connectivity index (χ3n) is 3.27. The second-order valence-electron chi connectivity index (χ2n) is 4.74. The van der Waals surface area contributed by atoms with Crippen LogP contribution in [0, 0.1) is 13.8 Å². The van der Waals surface area contributed by atoms with Crippen molar-refractivity contribution in [2.24, 2.45) is 0 Å². The van der Waals surface area contributed by atoms with Gasteiger partial charge in [0.25, 0.3) is 0 Å². The maximum atomic E-state index is 6.14. The molecule has 0 unspecified atom stereocenters. The molecule has 0 radical (unpaired) electrons. The van der Waals surface area contributed by atoms with E-state index in [1.807, 2.05) is 36.9 Å². The van der Waals surface area contributed by atoms with Gasteiger partial charge in [-0.05, 0) is 32.0 Å². The van der Waals surface area contributed by atoms with Crippen molar-refractivity contribution in [3.05, 3.63) is 40.2 Å². The molecule has 1 N–H and O–H groups in total. The number of methoxy groups -OCH3 is 1. The lowest BCUT2D eigenvalue weighted by Crippen LogP contribution is -2.11. The van der Waals surface area contributed by atoms with Crippen molar-refractivity contribution in [2.75, 3.05) is 13.7 Å². The second kappa shape index (κ2) is 6.29. The van der Waals surface area contributed by atoms with Crippen LogP contribution in [0.4, 0.5) is 0 Å². The maximum Gasteiger partial charge on any atom is 0.146 e. The third-order valence-corrected chi connectivity index (χ3v) is 3.68. The summed E-state index contributed by atoms with van der Waals surface area (Å²) in [6.07, 6.45) is 2.03. The highest BCUT2D eigenvalue weighted by Crippen LogP contribution is 2.29. The molecule has 0 bridgehead atoms. The standard InChI is InChI=1S/C15H20ClN3O/c1-5-17-8-12-9-19(18-11(12)3)14-6-10(2)13(16)7-15(14)20-4/h6-7,9,17H,5,8H2,1-4H3. The summed E-state index contributed by atoms with van der Waals surface area (Å²) >= 11 is 6.14. The van der Waals surface area contributed by atoms with E-state index < -0.39 is 0 Å². The third kappa shape index (κ3) is 2.97. The van der Waals surface area contributed by atoms with E-state index in [1.54, 1.807) is 7.11 Å². The van der Waals surface area contributed by atoms with Crippen LogP contribution in [0.15, 0.2) is 18.3 Å². The average molecular weight is 294 g/mol. The summed E-state index contributed by atoms with van der Waals surface area (Å²) in [4.78, 5) is 0. The van der Waals surface area contributed by atoms with Crippen molar-refractivity contribution in [3.8, 4) is 11.4 Å². The van der Waals surface area contributed by atoms with Gasteiger partial charge in [0, 0.05) is 29.4 Å². The monoisotopic (exact) mass is 293 g/mol. The number of aryl methyl sites for hydroxylation is 2. The van der Waals surface area contributed by atoms with Gasteiger partial charge < -0.3 is 10.1 Å². The molecule has 0 saturated carbocycles. The SMILES string of the molecule is CCNCc1cn(-c2cc(C)c(Cl)cc2OC)nc1C. The lowest BCUT2D eigenvalue weighted by molar-refractivity contribution is 0.411. The fourth-order valence-corrected chi connectivity index (χ4v) is 2.20. The summed E-state index contributed by atoms with van der Waals surface area (Å²) in [6, 6.07) is 3.82. The fourth-order valence-electron chi connectivity index (χ4n) is 2.04. The number of rotatable bonds is 5. The van der Waals surface area contributed by atoms with Crippen molar-refractivity contribution in [1.29, 1.82) is 0 Å². The first kappa shape index (κ1) is 14.9. The Kier molecular flexibility index (Phi) is 4.68. The normalized spacial score (nSPS) is 10.8. The molecular formula is C15H20ClN3O. The molecule has 20 heavy (non-hydrogen) atoms. The van der Waals surface area contributed by atoms with Crippen LogP contribution in [-0.4, -0.2) is 23.4 Å². The van der Waals surface area contributed by atoms with E-state index in [2.05, 4.69) is 17.3 Å². The zero-order chi connectivity index (χ0) is 14.7. The maximum absolute atomic E-state index is 6.14. The van der Waals surface area contributed by atoms with Crippen LogP contribution in [0.3, 0.4) is 0 Å². The minimum Gasteiger partial charge on any atom is -0.494 e. The van der Waals surface area contributed by atoms with Crippen molar-refractivity contribution >= 4 is 11.6 Å². The minimum atomic E-state index is 0.697. The van der Waals surface area contributed by atoms with Gasteiger partial charge >= 0.3 is 0 Å². The van der Waals surface area contributed by atoms with Gasteiger partial charge in [0.1, 0.15) is 11.4 Å². The molecule has 5 heteroatoms. The van der Waals surface area contributed by atoms with Gasteiger partial charge in [-0.15, -0.1) is 0 Å². The topological polar surface area (TPSA) is 39.1 Å². The van der Waals surface area contributed by atoms with Crippen molar-refractivity contribution in [2.45, 2.75) is 27.3 Å². The number of ether oxygens (including phenoxy) is 1. The highest BCUT2D eigenvalue weighted by atomic mass is 35.5. The molecule has 0 saturated heterocycles. The zero-order valence-electron chi connectivity index (χ0n) is 12.3. The molecule has 0 spiro atoms. The molecule has 0 atom stereocenters. The van der Waals surface area contributed by atoms with Crippen molar-refractivity contribution in [3.63, 3.8) is 0 Å². The van der Waals surface area contributed by atoms with E-state index >= 15 is 0 Å². The quantitative estimate of drug-likeness (QED) is 0.920. The highest BCUT2D eigenvalue weighted by Gasteiger charge is 2.12. The Labute approximate surface area is 124 Å². The van der Waals surface area contributed by atoms with E-state index in [1.165, 1.54) is 5.56 Å². The number of hydrogen-bond acceptors (Lipinski definition) is 3. The summed E-state index contributed by atoms with van der Waals surface area (Å²) in [6.45, 7) is 7.83. The zero-order valence-corrected chi connectivity index (χ0v) is 13.1. The number of benzene rings is 1. The number of nitrogens with zero attached hydrogens (tertiary/aromatic N) is 2. The van der Waals surface area contributed by atoms with E-state index in [9.17, 15) is 0 Å². The van der Waals surface area contributed by atoms with Gasteiger partial charge in [0.15, 0.2) is 0 Å². The molecule has 1 aromatic carbocycles. The molecule has 2 rings (SSSR count). The molecule has 1 heterocycles. The van der Waals surface area contributed by atoms with Crippen LogP contribution < -0.4 is 10.1 Å². The van der Waals surface area contributed by atoms with Gasteiger partial charge in [-0.1, -0.05) is 18.5 Å². The Hall–Kier alpha value is -1.52. The Morgan fingerprint density at radius 2 is 2.10 bits per heavy atom. The summed E-state index contributed by atoms with van der Waals surface area (Å²) in [5, 5.41) is 8.58. The molecule has 1 aromatic heterocycles. The number of nitrogens with one attached hydrogen (secondary N) is 1. The molecule has 0 fully saturated rings. The predicted octanol–water partition coefficient (Wildman–Crippen LogP) is 3.26. The highest BCUT2D eigenvalue weighted by molar-refractivity contribution is 6.31. The van der Waals surface area contributed by atoms with E-state index in [-0.39, 0.29) is 0 Å². The van der Waals surface area contributed by atoms with Crippen LogP contribution in [-0.2, 0) is 6.54 Å². The largest absolute Gasteiger partial charge is 0.494 e. The molecule has 0 aliphatic heterocycles. The van der Waals surface area contributed by atoms with Crippen LogP contribution >= 0.6 is 11.6 Å². The summed E-state index contributed by atoms with van der Waals surface area (Å²) in [5.41, 5.74) is 4.10. The number of halogens is 1. The molecule has 4 nitrogen and oxygen atoms in total. The minimum absolute atomic E-state index is 0.697. The predicted molar refractivity (Wildman–Crippen MR) is 82.0 cm³/mol. The molecule has 108 valence electrons. The Morgan fingerprint density at radius 3 is 2.75 bits per heavy atom. The lowest BCUT2D eigenvalue weighted by Gasteiger charge is -2.10. The van der Waals surface area contributed by atoms with E-state index in [4.69, 9.17) is 16.3 Å². The van der Waals surface area contributed by atoms with Gasteiger partial charge in [-0.3, -0.25) is 0 Å². The molecule has 0 amide bonds. The first-order valence-corrected chi connectivity index (χ1v) is 7.05. The van der Waals surface area contributed by atoms with Crippen molar-refractivity contribution in [1.82, 2.24) is 15.1 Å². The van der Waals surface area contributed by atoms with Crippen LogP contribution in [0.5, 0.6) is 5.75 Å². The van der Waals surface area contributed by atoms with Crippen LogP contribution in [0.2, 0.25) is 5.02 Å². The Bertz CT molecular complexity index is 607. The first-order chi connectivity index (χ1) is 9.56. The van der Waals surface area contributed by atoms with Gasteiger partial charge in [-0.2, -0.15) is 5.10 Å². The van der Waals surface area contributed by atoms with E-state index in [0.29, 0.717) is 5.02 Å². The van der Waals surface area contributed by atoms with Gasteiger partial charge in [0.2, 0.25) is 0 Å². The number of hydrogen-bond donors (Lipinski definition) is 1. The van der Waals surface area contributed by atoms with Crippen LogP contribution in [0.1, 0.15) is 23.7 Å². The molecular weight excluding hydrogens is 274 g/mol. The number of aromatic nitrogens is 2. The smallest absolute Gasteiger partial charge is 0.146 e. The van der Waals surface area contributed by atoms with Crippen LogP contribution in [0.25, 0.3) is 5.69 Å². The summed E-state index contributed by atoms with van der Waals surface area (Å²) in [5.74, 6) is 0.720. The van der Waals surface area contributed by atoms with E-state index in [0.717, 1.165) is 35.8 Å². The fraction of sp³-hybridized carbons (Fsp3) is 0.400. The second-order valence-corrected chi connectivity index (χ2v) is 5.15. The first-order valence-electron chi connectivity index (χ1n) is 6.67.